The second-order valence-electron chi connectivity index (χ2n) is 2.70. The summed E-state index contributed by atoms with van der Waals surface area (Å²) in [6, 6.07) is 8.29. The van der Waals surface area contributed by atoms with Crippen LogP contribution >= 0.6 is 0 Å². The Morgan fingerprint density at radius 2 is 2.00 bits per heavy atom. The number of fused-ring (bicyclic) bond motifs is 1. The first kappa shape index (κ1) is 13.3. The topological polar surface area (TPSA) is 83.2 Å². The summed E-state index contributed by atoms with van der Waals surface area (Å²) in [5.41, 5.74) is 1.14. The van der Waals surface area contributed by atoms with E-state index >= 15 is 0 Å². The van der Waals surface area contributed by atoms with Crippen molar-refractivity contribution in [3.63, 3.8) is 0 Å². The van der Waals surface area contributed by atoms with Crippen molar-refractivity contribution in [3.05, 3.63) is 24.3 Å². The van der Waals surface area contributed by atoms with E-state index in [0.29, 0.717) is 14.7 Å². The minimum atomic E-state index is -4.41. The number of hydrogen-bond donors (Lipinski definition) is 0. The summed E-state index contributed by atoms with van der Waals surface area (Å²) in [6.45, 7) is 0. The van der Waals surface area contributed by atoms with Crippen LogP contribution < -0.4 is 3.68 Å². The SMILES string of the molecule is COS(=O)(=O)[O-].C[n+]1nc2ccccc2[se]1. The van der Waals surface area contributed by atoms with Crippen molar-refractivity contribution in [2.24, 2.45) is 7.05 Å². The molecule has 2 rings (SSSR count). The van der Waals surface area contributed by atoms with Gasteiger partial charge in [0.05, 0.1) is 7.11 Å². The zero-order valence-electron chi connectivity index (χ0n) is 8.65. The molecule has 0 aliphatic carbocycles. The monoisotopic (exact) mass is 310 g/mol. The molecule has 0 unspecified atom stereocenters. The van der Waals surface area contributed by atoms with Crippen molar-refractivity contribution in [2.45, 2.75) is 0 Å². The molecule has 2 aromatic rings. The van der Waals surface area contributed by atoms with Crippen LogP contribution in [0.25, 0.3) is 9.78 Å². The molecule has 0 spiro atoms. The maximum absolute atomic E-state index is 9.22. The number of rotatable bonds is 1. The Hall–Kier alpha value is -0.791. The predicted molar refractivity (Wildman–Crippen MR) is 56.6 cm³/mol. The molecule has 6 nitrogen and oxygen atoms in total. The second kappa shape index (κ2) is 5.51. The van der Waals surface area contributed by atoms with Gasteiger partial charge in [0.2, 0.25) is 10.4 Å². The molecule has 0 amide bonds. The predicted octanol–water partition coefficient (Wildman–Crippen LogP) is -0.791. The molecule has 0 bridgehead atoms. The normalized spacial score (nSPS) is 10.9. The Kier molecular flexibility index (Phi) is 4.57. The fourth-order valence-electron chi connectivity index (χ4n) is 0.931. The third-order valence-electron chi connectivity index (χ3n) is 1.55. The van der Waals surface area contributed by atoms with Crippen LogP contribution in [0.5, 0.6) is 0 Å². The second-order valence-corrected chi connectivity index (χ2v) is 6.26. The van der Waals surface area contributed by atoms with Crippen LogP contribution in [0.3, 0.4) is 0 Å². The van der Waals surface area contributed by atoms with Gasteiger partial charge in [-0.15, -0.1) is 0 Å². The Labute approximate surface area is 99.4 Å². The molecule has 16 heavy (non-hydrogen) atoms. The van der Waals surface area contributed by atoms with Gasteiger partial charge in [-0.2, -0.15) is 0 Å². The third kappa shape index (κ3) is 4.38. The quantitative estimate of drug-likeness (QED) is 0.392. The van der Waals surface area contributed by atoms with E-state index in [4.69, 9.17) is 0 Å². The fraction of sp³-hybridized carbons (Fsp3) is 0.250. The first-order valence-electron chi connectivity index (χ1n) is 4.16. The minimum absolute atomic E-state index is 0.427. The average Bonchev–Trinajstić information content (AvgIpc) is 2.57. The summed E-state index contributed by atoms with van der Waals surface area (Å²) in [5, 5.41) is 4.31. The van der Waals surface area contributed by atoms with Crippen molar-refractivity contribution in [1.82, 2.24) is 5.10 Å². The van der Waals surface area contributed by atoms with Crippen LogP contribution in [0.15, 0.2) is 24.3 Å². The van der Waals surface area contributed by atoms with E-state index in [1.54, 1.807) is 0 Å². The van der Waals surface area contributed by atoms with E-state index in [9.17, 15) is 13.0 Å². The number of aryl methyl sites for hydroxylation is 1. The fourth-order valence-corrected chi connectivity index (χ4v) is 2.52. The molecule has 0 atom stereocenters. The van der Waals surface area contributed by atoms with Crippen LogP contribution in [0.1, 0.15) is 0 Å². The van der Waals surface area contributed by atoms with Crippen molar-refractivity contribution in [1.29, 1.82) is 0 Å². The van der Waals surface area contributed by atoms with Crippen molar-refractivity contribution < 1.29 is 20.8 Å². The molecule has 0 fully saturated rings. The summed E-state index contributed by atoms with van der Waals surface area (Å²) in [7, 11) is -1.59. The van der Waals surface area contributed by atoms with Gasteiger partial charge in [-0.05, 0) is 0 Å². The molecule has 1 heterocycles. The Morgan fingerprint density at radius 1 is 1.44 bits per heavy atom. The van der Waals surface area contributed by atoms with Crippen molar-refractivity contribution in [3.8, 4) is 0 Å². The van der Waals surface area contributed by atoms with Crippen LogP contribution in [0, 0.1) is 0 Å². The summed E-state index contributed by atoms with van der Waals surface area (Å²) in [6.07, 6.45) is 0. The zero-order chi connectivity index (χ0) is 12.2. The van der Waals surface area contributed by atoms with Gasteiger partial charge in [-0.25, -0.2) is 8.42 Å². The zero-order valence-corrected chi connectivity index (χ0v) is 11.2. The summed E-state index contributed by atoms with van der Waals surface area (Å²) >= 11 is 0.427. The number of aromatic nitrogens is 2. The van der Waals surface area contributed by atoms with Crippen molar-refractivity contribution >= 4 is 34.9 Å². The van der Waals surface area contributed by atoms with Gasteiger partial charge in [0.1, 0.15) is 0 Å². The molecule has 8 heteroatoms. The average molecular weight is 309 g/mol. The molecule has 0 N–H and O–H groups in total. The first-order chi connectivity index (χ1) is 7.42. The first-order valence-corrected chi connectivity index (χ1v) is 7.12. The van der Waals surface area contributed by atoms with Crippen LogP contribution in [-0.4, -0.2) is 39.9 Å². The van der Waals surface area contributed by atoms with Crippen LogP contribution in [-0.2, 0) is 21.6 Å². The molecule has 1 aromatic heterocycles. The van der Waals surface area contributed by atoms with Crippen molar-refractivity contribution in [2.75, 3.05) is 7.11 Å². The Morgan fingerprint density at radius 3 is 2.50 bits per heavy atom. The molecule has 0 aliphatic rings. The van der Waals surface area contributed by atoms with Gasteiger partial charge in [0.15, 0.2) is 0 Å². The van der Waals surface area contributed by atoms with Gasteiger partial charge < -0.3 is 4.55 Å². The molecular formula is C8H10N2O4SSe. The van der Waals surface area contributed by atoms with Gasteiger partial charge in [0.25, 0.3) is 0 Å². The van der Waals surface area contributed by atoms with Gasteiger partial charge >= 0.3 is 64.6 Å². The van der Waals surface area contributed by atoms with Gasteiger partial charge in [0, 0.05) is 0 Å². The Balaban J connectivity index is 0.000000187. The molecule has 0 saturated heterocycles. The van der Waals surface area contributed by atoms with Gasteiger partial charge in [-0.1, -0.05) is 0 Å². The summed E-state index contributed by atoms with van der Waals surface area (Å²) in [4.78, 5) is 0. The third-order valence-corrected chi connectivity index (χ3v) is 3.82. The van der Waals surface area contributed by atoms with E-state index in [-0.39, 0.29) is 0 Å². The summed E-state index contributed by atoms with van der Waals surface area (Å²) in [5.74, 6) is 0. The van der Waals surface area contributed by atoms with E-state index in [2.05, 4.69) is 27.5 Å². The maximum atomic E-state index is 9.22. The molecule has 0 aliphatic heterocycles. The number of benzene rings is 1. The van der Waals surface area contributed by atoms with E-state index in [1.165, 1.54) is 4.26 Å². The molecule has 0 radical (unpaired) electrons. The van der Waals surface area contributed by atoms with E-state index in [1.807, 2.05) is 16.8 Å². The van der Waals surface area contributed by atoms with E-state index < -0.39 is 10.4 Å². The molecule has 1 aromatic carbocycles. The number of nitrogens with zero attached hydrogens (tertiary/aromatic N) is 2. The molecule has 88 valence electrons. The van der Waals surface area contributed by atoms with Crippen LogP contribution in [0.2, 0.25) is 0 Å². The summed E-state index contributed by atoms with van der Waals surface area (Å²) < 4.78 is 34.4. The molecule has 0 saturated carbocycles. The van der Waals surface area contributed by atoms with Crippen LogP contribution in [0.4, 0.5) is 0 Å². The molecular weight excluding hydrogens is 299 g/mol. The van der Waals surface area contributed by atoms with E-state index in [0.717, 1.165) is 12.6 Å². The van der Waals surface area contributed by atoms with Gasteiger partial charge in [-0.3, -0.25) is 4.18 Å². The Bertz CT molecular complexity index is 533. The number of hydrogen-bond acceptors (Lipinski definition) is 5. The standard InChI is InChI=1S/C7H7N2Se.CH4O4S/c1-9-8-6-4-2-3-5-7(6)10-9;1-5-6(2,3)4/h2-5H,1H3;1H3,(H,2,3,4)/q+1;/p-1.